The number of nitrogens with zero attached hydrogens (tertiary/aromatic N) is 2. The molecule has 0 aliphatic heterocycles. The fourth-order valence-corrected chi connectivity index (χ4v) is 10.4. The summed E-state index contributed by atoms with van der Waals surface area (Å²) >= 11 is 0. The highest BCUT2D eigenvalue weighted by Crippen LogP contribution is 2.42. The molecule has 0 aliphatic rings. The van der Waals surface area contributed by atoms with Gasteiger partial charge >= 0.3 is 0 Å². The van der Waals surface area contributed by atoms with Crippen LogP contribution in [0.5, 0.6) is 0 Å². The number of benzene rings is 11. The fourth-order valence-electron chi connectivity index (χ4n) is 10.4. The lowest BCUT2D eigenvalue weighted by molar-refractivity contribution is 0.670. The standard InChI is InChI=1S/C66H44N2O/c1-2-16-46(17-3-1)54-20-4-5-21-55(54)47-34-40-52(41-35-47)67(53-42-36-48(37-43-53)57-26-15-27-61-60-25-9-13-31-65(60)69-66(57)61)51-38-32-45(33-39-51)49-18-14-19-50(44-49)56-22-6-10-28-62(56)68-63-29-11-7-23-58(63)59-24-8-12-30-64(59)68/h1-44H. The molecule has 0 atom stereocenters. The first-order valence-corrected chi connectivity index (χ1v) is 23.6. The van der Waals surface area contributed by atoms with Crippen molar-refractivity contribution in [3.63, 3.8) is 0 Å². The van der Waals surface area contributed by atoms with E-state index in [0.29, 0.717) is 0 Å². The van der Waals surface area contributed by atoms with Gasteiger partial charge in [-0.1, -0.05) is 200 Å². The predicted octanol–water partition coefficient (Wildman–Crippen LogP) is 18.5. The van der Waals surface area contributed by atoms with E-state index in [1.54, 1.807) is 0 Å². The second-order valence-electron chi connectivity index (χ2n) is 17.6. The Hall–Kier alpha value is -9.18. The van der Waals surface area contributed by atoms with Gasteiger partial charge in [0.1, 0.15) is 11.2 Å². The van der Waals surface area contributed by atoms with Crippen LogP contribution in [0.2, 0.25) is 0 Å². The Morgan fingerprint density at radius 1 is 0.275 bits per heavy atom. The summed E-state index contributed by atoms with van der Waals surface area (Å²) in [6.07, 6.45) is 0. The van der Waals surface area contributed by atoms with Gasteiger partial charge in [-0.05, 0) is 111 Å². The minimum atomic E-state index is 0.900. The molecule has 2 aromatic heterocycles. The smallest absolute Gasteiger partial charge is 0.143 e. The minimum absolute atomic E-state index is 0.900. The van der Waals surface area contributed by atoms with Crippen molar-refractivity contribution in [2.75, 3.05) is 4.90 Å². The summed E-state index contributed by atoms with van der Waals surface area (Å²) in [6.45, 7) is 0. The van der Waals surface area contributed by atoms with Crippen LogP contribution < -0.4 is 4.90 Å². The molecule has 0 spiro atoms. The number of furan rings is 1. The number of aromatic nitrogens is 1. The Bertz CT molecular complexity index is 3940. The van der Waals surface area contributed by atoms with Crippen LogP contribution in [-0.4, -0.2) is 4.57 Å². The van der Waals surface area contributed by atoms with E-state index in [4.69, 9.17) is 4.42 Å². The van der Waals surface area contributed by atoms with E-state index in [2.05, 4.69) is 264 Å². The fraction of sp³-hybridized carbons (Fsp3) is 0. The molecule has 0 radical (unpaired) electrons. The molecular formula is C66H44N2O. The van der Waals surface area contributed by atoms with Gasteiger partial charge in [0.15, 0.2) is 0 Å². The van der Waals surface area contributed by atoms with E-state index in [-0.39, 0.29) is 0 Å². The zero-order chi connectivity index (χ0) is 45.7. The third-order valence-electron chi connectivity index (χ3n) is 13.6. The van der Waals surface area contributed by atoms with Crippen LogP contribution in [-0.2, 0) is 0 Å². The largest absolute Gasteiger partial charge is 0.455 e. The van der Waals surface area contributed by atoms with Gasteiger partial charge in [-0.2, -0.15) is 0 Å². The minimum Gasteiger partial charge on any atom is -0.455 e. The van der Waals surface area contributed by atoms with Gasteiger partial charge in [0, 0.05) is 49.7 Å². The van der Waals surface area contributed by atoms with Crippen LogP contribution in [0.25, 0.3) is 105 Å². The van der Waals surface area contributed by atoms with Crippen molar-refractivity contribution in [3.05, 3.63) is 267 Å². The lowest BCUT2D eigenvalue weighted by Gasteiger charge is -2.26. The Morgan fingerprint density at radius 3 is 1.36 bits per heavy atom. The molecule has 324 valence electrons. The molecule has 0 fully saturated rings. The van der Waals surface area contributed by atoms with Crippen molar-refractivity contribution in [1.29, 1.82) is 0 Å². The van der Waals surface area contributed by atoms with E-state index in [9.17, 15) is 0 Å². The Morgan fingerprint density at radius 2 is 0.710 bits per heavy atom. The summed E-state index contributed by atoms with van der Waals surface area (Å²) < 4.78 is 8.87. The van der Waals surface area contributed by atoms with E-state index in [1.165, 1.54) is 55.2 Å². The summed E-state index contributed by atoms with van der Waals surface area (Å²) in [4.78, 5) is 2.35. The van der Waals surface area contributed by atoms with Crippen LogP contribution in [0.1, 0.15) is 0 Å². The molecule has 0 amide bonds. The number of hydrogen-bond donors (Lipinski definition) is 0. The van der Waals surface area contributed by atoms with Gasteiger partial charge < -0.3 is 13.9 Å². The molecule has 13 aromatic rings. The summed E-state index contributed by atoms with van der Waals surface area (Å²) in [5.74, 6) is 0. The molecule has 0 bridgehead atoms. The summed E-state index contributed by atoms with van der Waals surface area (Å²) in [5.41, 5.74) is 20.2. The molecule has 0 unspecified atom stereocenters. The topological polar surface area (TPSA) is 21.3 Å². The monoisotopic (exact) mass is 880 g/mol. The van der Waals surface area contributed by atoms with Gasteiger partial charge in [-0.3, -0.25) is 0 Å². The SMILES string of the molecule is c1ccc(-c2ccccc2-c2ccc(N(c3ccc(-c4cccc(-c5ccccc5-n5c6ccccc6c6ccccc65)c4)cc3)c3ccc(-c4cccc5c4oc4ccccc45)cc3)cc2)cc1. The second kappa shape index (κ2) is 16.9. The molecule has 3 nitrogen and oxygen atoms in total. The normalized spacial score (nSPS) is 11.5. The van der Waals surface area contributed by atoms with Crippen LogP contribution >= 0.6 is 0 Å². The zero-order valence-electron chi connectivity index (χ0n) is 37.7. The molecule has 3 heteroatoms. The number of para-hydroxylation sites is 5. The van der Waals surface area contributed by atoms with E-state index in [0.717, 1.165) is 66.9 Å². The Labute approximate surface area is 401 Å². The molecule has 0 saturated carbocycles. The lowest BCUT2D eigenvalue weighted by Crippen LogP contribution is -2.09. The Kier molecular flexibility index (Phi) is 9.84. The van der Waals surface area contributed by atoms with Crippen molar-refractivity contribution in [2.24, 2.45) is 0 Å². The molecular weight excluding hydrogens is 837 g/mol. The average Bonchev–Trinajstić information content (AvgIpc) is 3.98. The first kappa shape index (κ1) is 40.1. The van der Waals surface area contributed by atoms with E-state index in [1.807, 2.05) is 12.1 Å². The molecule has 0 saturated heterocycles. The third kappa shape index (κ3) is 7.08. The van der Waals surface area contributed by atoms with Gasteiger partial charge in [-0.15, -0.1) is 0 Å². The van der Waals surface area contributed by atoms with Gasteiger partial charge in [0.05, 0.1) is 16.7 Å². The molecule has 13 rings (SSSR count). The number of rotatable bonds is 9. The molecule has 0 aliphatic carbocycles. The summed E-state index contributed by atoms with van der Waals surface area (Å²) in [7, 11) is 0. The highest BCUT2D eigenvalue weighted by atomic mass is 16.3. The van der Waals surface area contributed by atoms with Gasteiger partial charge in [-0.25, -0.2) is 0 Å². The van der Waals surface area contributed by atoms with Gasteiger partial charge in [0.2, 0.25) is 0 Å². The van der Waals surface area contributed by atoms with Crippen LogP contribution in [0.4, 0.5) is 17.1 Å². The summed E-state index contributed by atoms with van der Waals surface area (Å²) in [5, 5.41) is 4.77. The van der Waals surface area contributed by atoms with Crippen LogP contribution in [0.15, 0.2) is 271 Å². The van der Waals surface area contributed by atoms with Crippen molar-refractivity contribution in [3.8, 4) is 61.3 Å². The van der Waals surface area contributed by atoms with Crippen molar-refractivity contribution in [2.45, 2.75) is 0 Å². The highest BCUT2D eigenvalue weighted by molar-refractivity contribution is 6.11. The summed E-state index contributed by atoms with van der Waals surface area (Å²) in [6, 6.07) is 96.0. The van der Waals surface area contributed by atoms with Gasteiger partial charge in [0.25, 0.3) is 0 Å². The first-order chi connectivity index (χ1) is 34.2. The maximum Gasteiger partial charge on any atom is 0.143 e. The second-order valence-corrected chi connectivity index (χ2v) is 17.6. The molecule has 11 aromatic carbocycles. The van der Waals surface area contributed by atoms with Crippen molar-refractivity contribution >= 4 is 60.8 Å². The van der Waals surface area contributed by atoms with Crippen molar-refractivity contribution in [1.82, 2.24) is 4.57 Å². The average molecular weight is 881 g/mol. The number of fused-ring (bicyclic) bond motifs is 6. The zero-order valence-corrected chi connectivity index (χ0v) is 37.7. The maximum atomic E-state index is 6.46. The Balaban J connectivity index is 0.877. The van der Waals surface area contributed by atoms with E-state index >= 15 is 0 Å². The predicted molar refractivity (Wildman–Crippen MR) is 290 cm³/mol. The molecule has 69 heavy (non-hydrogen) atoms. The third-order valence-corrected chi connectivity index (χ3v) is 13.6. The quantitative estimate of drug-likeness (QED) is 0.144. The maximum absolute atomic E-state index is 6.46. The van der Waals surface area contributed by atoms with Crippen LogP contribution in [0, 0.1) is 0 Å². The first-order valence-electron chi connectivity index (χ1n) is 23.6. The lowest BCUT2D eigenvalue weighted by atomic mass is 9.94. The van der Waals surface area contributed by atoms with Crippen LogP contribution in [0.3, 0.4) is 0 Å². The molecule has 0 N–H and O–H groups in total. The molecule has 2 heterocycles. The van der Waals surface area contributed by atoms with Crippen molar-refractivity contribution < 1.29 is 4.42 Å². The highest BCUT2D eigenvalue weighted by Gasteiger charge is 2.19. The number of hydrogen-bond acceptors (Lipinski definition) is 2. The number of anilines is 3. The van der Waals surface area contributed by atoms with E-state index < -0.39 is 0 Å².